The number of nitrogens with zero attached hydrogens (tertiary/aromatic N) is 2. The summed E-state index contributed by atoms with van der Waals surface area (Å²) < 4.78 is 40.9. The number of ether oxygens (including phenoxy) is 3. The summed E-state index contributed by atoms with van der Waals surface area (Å²) in [6, 6.07) is 11.6. The van der Waals surface area contributed by atoms with Gasteiger partial charge < -0.3 is 14.2 Å². The minimum Gasteiger partial charge on any atom is -0.495 e. The van der Waals surface area contributed by atoms with E-state index >= 15 is 0 Å². The smallest absolute Gasteiger partial charge is 0.260 e. The molecule has 156 valence electrons. The molecule has 9 nitrogen and oxygen atoms in total. The Kier molecular flexibility index (Phi) is 7.43. The van der Waals surface area contributed by atoms with Crippen molar-refractivity contribution in [2.75, 3.05) is 38.4 Å². The van der Waals surface area contributed by atoms with Gasteiger partial charge in [0.1, 0.15) is 12.3 Å². The molecule has 0 unspecified atom stereocenters. The Morgan fingerprint density at radius 1 is 1.03 bits per heavy atom. The van der Waals surface area contributed by atoms with Crippen molar-refractivity contribution in [1.82, 2.24) is 5.43 Å². The minimum atomic E-state index is -3.73. The lowest BCUT2D eigenvalue weighted by molar-refractivity contribution is -0.119. The molecule has 0 bridgehead atoms. The molecule has 0 atom stereocenters. The maximum atomic E-state index is 12.3. The molecule has 0 radical (unpaired) electrons. The summed E-state index contributed by atoms with van der Waals surface area (Å²) >= 11 is 0. The number of sulfonamides is 1. The van der Waals surface area contributed by atoms with Crippen LogP contribution in [0.25, 0.3) is 0 Å². The second-order valence-corrected chi connectivity index (χ2v) is 7.76. The maximum absolute atomic E-state index is 12.3. The predicted molar refractivity (Wildman–Crippen MR) is 110 cm³/mol. The Morgan fingerprint density at radius 3 is 2.31 bits per heavy atom. The van der Waals surface area contributed by atoms with Gasteiger partial charge in [-0.3, -0.25) is 9.10 Å². The number of methoxy groups -OCH3 is 3. The summed E-state index contributed by atoms with van der Waals surface area (Å²) in [5.41, 5.74) is 3.24. The summed E-state index contributed by atoms with van der Waals surface area (Å²) in [5.74, 6) is 0.800. The first-order valence-corrected chi connectivity index (χ1v) is 10.3. The largest absolute Gasteiger partial charge is 0.495 e. The number of hydrogen-bond donors (Lipinski definition) is 1. The van der Waals surface area contributed by atoms with E-state index in [1.165, 1.54) is 27.5 Å². The predicted octanol–water partition coefficient (Wildman–Crippen LogP) is 1.63. The van der Waals surface area contributed by atoms with E-state index in [1.54, 1.807) is 42.5 Å². The van der Waals surface area contributed by atoms with E-state index in [2.05, 4.69) is 10.5 Å². The first-order chi connectivity index (χ1) is 13.8. The van der Waals surface area contributed by atoms with Crippen LogP contribution in [0.1, 0.15) is 5.56 Å². The lowest BCUT2D eigenvalue weighted by Crippen LogP contribution is -2.39. The normalized spacial score (nSPS) is 11.2. The second-order valence-electron chi connectivity index (χ2n) is 5.85. The lowest BCUT2D eigenvalue weighted by Gasteiger charge is -2.23. The molecule has 0 saturated carbocycles. The number of benzene rings is 2. The third-order valence-corrected chi connectivity index (χ3v) is 4.98. The van der Waals surface area contributed by atoms with E-state index < -0.39 is 22.5 Å². The lowest BCUT2D eigenvalue weighted by atomic mass is 10.2. The Labute approximate surface area is 169 Å². The molecular formula is C19H23N3O6S. The molecule has 2 aromatic rings. The van der Waals surface area contributed by atoms with Crippen molar-refractivity contribution in [3.8, 4) is 17.2 Å². The quantitative estimate of drug-likeness (QED) is 0.487. The highest BCUT2D eigenvalue weighted by atomic mass is 32.2. The van der Waals surface area contributed by atoms with Crippen LogP contribution in [0.4, 0.5) is 5.69 Å². The molecule has 1 amide bonds. The Bertz CT molecular complexity index is 991. The zero-order valence-electron chi connectivity index (χ0n) is 16.6. The molecule has 10 heteroatoms. The molecule has 2 aromatic carbocycles. The number of hydrazone groups is 1. The van der Waals surface area contributed by atoms with Gasteiger partial charge in [-0.2, -0.15) is 5.10 Å². The van der Waals surface area contributed by atoms with Crippen molar-refractivity contribution in [2.24, 2.45) is 5.10 Å². The Balaban J connectivity index is 2.12. The monoisotopic (exact) mass is 421 g/mol. The first-order valence-electron chi connectivity index (χ1n) is 8.44. The first kappa shape index (κ1) is 22.0. The van der Waals surface area contributed by atoms with E-state index in [-0.39, 0.29) is 5.69 Å². The van der Waals surface area contributed by atoms with Gasteiger partial charge in [0.2, 0.25) is 10.0 Å². The number of anilines is 1. The fourth-order valence-electron chi connectivity index (χ4n) is 2.49. The summed E-state index contributed by atoms with van der Waals surface area (Å²) in [4.78, 5) is 12.3. The van der Waals surface area contributed by atoms with Crippen LogP contribution in [0, 0.1) is 0 Å². The molecule has 2 rings (SSSR count). The number of carbonyl (C=O) groups excluding carboxylic acids is 1. The van der Waals surface area contributed by atoms with E-state index in [0.717, 1.165) is 10.6 Å². The molecule has 0 aliphatic rings. The van der Waals surface area contributed by atoms with Gasteiger partial charge in [0.15, 0.2) is 11.5 Å². The van der Waals surface area contributed by atoms with Crippen molar-refractivity contribution in [2.45, 2.75) is 0 Å². The van der Waals surface area contributed by atoms with E-state index in [4.69, 9.17) is 14.2 Å². The third-order valence-electron chi connectivity index (χ3n) is 3.85. The zero-order valence-corrected chi connectivity index (χ0v) is 17.4. The number of carbonyl (C=O) groups is 1. The number of amides is 1. The second kappa shape index (κ2) is 9.78. The van der Waals surface area contributed by atoms with Gasteiger partial charge in [-0.1, -0.05) is 12.1 Å². The summed E-state index contributed by atoms with van der Waals surface area (Å²) in [6.07, 6.45) is 2.42. The number of hydrogen-bond acceptors (Lipinski definition) is 7. The molecule has 0 saturated heterocycles. The van der Waals surface area contributed by atoms with Gasteiger partial charge in [-0.15, -0.1) is 0 Å². The molecule has 0 heterocycles. The average Bonchev–Trinajstić information content (AvgIpc) is 2.71. The molecule has 0 aliphatic heterocycles. The van der Waals surface area contributed by atoms with Crippen LogP contribution in [0.3, 0.4) is 0 Å². The molecular weight excluding hydrogens is 398 g/mol. The minimum absolute atomic E-state index is 0.261. The fourth-order valence-corrected chi connectivity index (χ4v) is 3.35. The highest BCUT2D eigenvalue weighted by Crippen LogP contribution is 2.29. The topological polar surface area (TPSA) is 107 Å². The van der Waals surface area contributed by atoms with Crippen LogP contribution in [-0.2, 0) is 14.8 Å². The van der Waals surface area contributed by atoms with E-state index in [1.807, 2.05) is 0 Å². The van der Waals surface area contributed by atoms with Crippen LogP contribution >= 0.6 is 0 Å². The SMILES string of the molecule is COc1ccc(/C=N/NC(=O)CN(c2ccccc2OC)S(C)(=O)=O)cc1OC. The summed E-state index contributed by atoms with van der Waals surface area (Å²) in [5, 5.41) is 3.87. The zero-order chi connectivity index (χ0) is 21.4. The summed E-state index contributed by atoms with van der Waals surface area (Å²) in [6.45, 7) is -0.456. The number of para-hydroxylation sites is 2. The van der Waals surface area contributed by atoms with Crippen molar-refractivity contribution in [3.63, 3.8) is 0 Å². The summed E-state index contributed by atoms with van der Waals surface area (Å²) in [7, 11) is 0.735. The molecule has 29 heavy (non-hydrogen) atoms. The van der Waals surface area contributed by atoms with Crippen LogP contribution < -0.4 is 23.9 Å². The van der Waals surface area contributed by atoms with Crippen molar-refractivity contribution < 1.29 is 27.4 Å². The van der Waals surface area contributed by atoms with Crippen molar-refractivity contribution in [3.05, 3.63) is 48.0 Å². The molecule has 0 aliphatic carbocycles. The number of nitrogens with one attached hydrogen (secondary N) is 1. The van der Waals surface area contributed by atoms with E-state index in [0.29, 0.717) is 22.8 Å². The van der Waals surface area contributed by atoms with Gasteiger partial charge in [0.05, 0.1) is 39.5 Å². The highest BCUT2D eigenvalue weighted by molar-refractivity contribution is 7.92. The van der Waals surface area contributed by atoms with Crippen LogP contribution in [0.5, 0.6) is 17.2 Å². The standard InChI is InChI=1S/C19H23N3O6S/c1-26-16-8-6-5-7-15(16)22(29(4,24)25)13-19(23)21-20-12-14-9-10-17(27-2)18(11-14)28-3/h5-12H,13H2,1-4H3,(H,21,23)/b20-12+. The molecule has 1 N–H and O–H groups in total. The third kappa shape index (κ3) is 5.85. The highest BCUT2D eigenvalue weighted by Gasteiger charge is 2.23. The van der Waals surface area contributed by atoms with Gasteiger partial charge >= 0.3 is 0 Å². The molecule has 0 aromatic heterocycles. The van der Waals surface area contributed by atoms with Crippen molar-refractivity contribution >= 4 is 27.8 Å². The van der Waals surface area contributed by atoms with Gasteiger partial charge in [0, 0.05) is 0 Å². The van der Waals surface area contributed by atoms with E-state index in [9.17, 15) is 13.2 Å². The Morgan fingerprint density at radius 2 is 1.69 bits per heavy atom. The Hall–Kier alpha value is -3.27. The van der Waals surface area contributed by atoms with Crippen LogP contribution in [0.2, 0.25) is 0 Å². The van der Waals surface area contributed by atoms with Crippen LogP contribution in [-0.4, -0.2) is 54.7 Å². The molecule has 0 spiro atoms. The van der Waals surface area contributed by atoms with Crippen LogP contribution in [0.15, 0.2) is 47.6 Å². The van der Waals surface area contributed by atoms with Gasteiger partial charge in [-0.25, -0.2) is 13.8 Å². The average molecular weight is 421 g/mol. The number of rotatable bonds is 9. The maximum Gasteiger partial charge on any atom is 0.260 e. The van der Waals surface area contributed by atoms with Gasteiger partial charge in [0.25, 0.3) is 5.91 Å². The fraction of sp³-hybridized carbons (Fsp3) is 0.263. The van der Waals surface area contributed by atoms with Gasteiger partial charge in [-0.05, 0) is 35.9 Å². The molecule has 0 fully saturated rings. The van der Waals surface area contributed by atoms with Crippen molar-refractivity contribution in [1.29, 1.82) is 0 Å².